The summed E-state index contributed by atoms with van der Waals surface area (Å²) in [6, 6.07) is 0.681. The van der Waals surface area contributed by atoms with Gasteiger partial charge < -0.3 is 10.1 Å². The lowest BCUT2D eigenvalue weighted by molar-refractivity contribution is 0.0738. The van der Waals surface area contributed by atoms with Crippen LogP contribution in [0.1, 0.15) is 12.8 Å². The molecule has 1 aliphatic carbocycles. The van der Waals surface area contributed by atoms with E-state index in [1.807, 2.05) is 7.11 Å². The zero-order valence-electron chi connectivity index (χ0n) is 5.76. The summed E-state index contributed by atoms with van der Waals surface area (Å²) >= 11 is 0. The van der Waals surface area contributed by atoms with Crippen molar-refractivity contribution in [3.8, 4) is 0 Å². The maximum atomic E-state index is 5.28. The second-order valence-electron chi connectivity index (χ2n) is 3.13. The van der Waals surface area contributed by atoms with Gasteiger partial charge in [-0.15, -0.1) is 0 Å². The zero-order valence-corrected chi connectivity index (χ0v) is 5.76. The number of methoxy groups -OCH3 is 1. The number of piperidine rings is 1. The molecular formula is C7H13NO. The first-order valence-corrected chi connectivity index (χ1v) is 3.66. The van der Waals surface area contributed by atoms with Crippen LogP contribution in [0, 0.1) is 5.92 Å². The topological polar surface area (TPSA) is 21.3 Å². The van der Waals surface area contributed by atoms with Crippen molar-refractivity contribution < 1.29 is 4.74 Å². The number of hydrogen-bond donors (Lipinski definition) is 1. The van der Waals surface area contributed by atoms with E-state index in [9.17, 15) is 0 Å². The largest absolute Gasteiger partial charge is 0.380 e. The molecule has 1 saturated heterocycles. The van der Waals surface area contributed by atoms with Crippen LogP contribution in [0.5, 0.6) is 0 Å². The van der Waals surface area contributed by atoms with Gasteiger partial charge in [0.15, 0.2) is 0 Å². The van der Waals surface area contributed by atoms with Crippen molar-refractivity contribution in [1.29, 1.82) is 0 Å². The van der Waals surface area contributed by atoms with E-state index < -0.39 is 0 Å². The first-order chi connectivity index (χ1) is 4.40. The number of rotatable bonds is 1. The van der Waals surface area contributed by atoms with Crippen LogP contribution >= 0.6 is 0 Å². The molecule has 2 rings (SSSR count). The van der Waals surface area contributed by atoms with Crippen LogP contribution in [-0.2, 0) is 4.74 Å². The van der Waals surface area contributed by atoms with Crippen LogP contribution < -0.4 is 5.32 Å². The van der Waals surface area contributed by atoms with Crippen molar-refractivity contribution in [2.75, 3.05) is 13.7 Å². The molecule has 52 valence electrons. The van der Waals surface area contributed by atoms with Crippen LogP contribution in [0.25, 0.3) is 0 Å². The summed E-state index contributed by atoms with van der Waals surface area (Å²) in [5.74, 6) is 0.917. The maximum absolute atomic E-state index is 5.28. The lowest BCUT2D eigenvalue weighted by atomic mass is 10.1. The fourth-order valence-corrected chi connectivity index (χ4v) is 2.06. The third kappa shape index (κ3) is 0.775. The lowest BCUT2D eigenvalue weighted by Gasteiger charge is -2.20. The van der Waals surface area contributed by atoms with Gasteiger partial charge in [-0.05, 0) is 25.3 Å². The Kier molecular flexibility index (Phi) is 1.24. The van der Waals surface area contributed by atoms with Crippen molar-refractivity contribution in [2.24, 2.45) is 5.92 Å². The van der Waals surface area contributed by atoms with Gasteiger partial charge in [0.2, 0.25) is 0 Å². The molecule has 1 N–H and O–H groups in total. The van der Waals surface area contributed by atoms with E-state index >= 15 is 0 Å². The average Bonchev–Trinajstić information content (AvgIpc) is 2.45. The second-order valence-corrected chi connectivity index (χ2v) is 3.13. The Morgan fingerprint density at radius 3 is 2.67 bits per heavy atom. The Morgan fingerprint density at radius 2 is 2.33 bits per heavy atom. The molecular weight excluding hydrogens is 114 g/mol. The van der Waals surface area contributed by atoms with Gasteiger partial charge in [-0.25, -0.2) is 0 Å². The van der Waals surface area contributed by atoms with Crippen molar-refractivity contribution in [3.63, 3.8) is 0 Å². The summed E-state index contributed by atoms with van der Waals surface area (Å²) in [5.41, 5.74) is 0. The SMILES string of the molecule is CO[C@H]1C[C@@H]2CN[C@H]1C2. The monoisotopic (exact) mass is 127 g/mol. The van der Waals surface area contributed by atoms with Gasteiger partial charge in [0, 0.05) is 13.2 Å². The molecule has 3 atom stereocenters. The highest BCUT2D eigenvalue weighted by atomic mass is 16.5. The zero-order chi connectivity index (χ0) is 6.27. The maximum Gasteiger partial charge on any atom is 0.0727 e. The summed E-state index contributed by atoms with van der Waals surface area (Å²) in [4.78, 5) is 0. The van der Waals surface area contributed by atoms with E-state index in [1.54, 1.807) is 0 Å². The van der Waals surface area contributed by atoms with E-state index in [-0.39, 0.29) is 0 Å². The van der Waals surface area contributed by atoms with E-state index in [4.69, 9.17) is 4.74 Å². The summed E-state index contributed by atoms with van der Waals surface area (Å²) in [6.07, 6.45) is 3.15. The molecule has 0 aromatic heterocycles. The minimum Gasteiger partial charge on any atom is -0.380 e. The molecule has 2 bridgehead atoms. The minimum atomic E-state index is 0.517. The molecule has 2 nitrogen and oxygen atoms in total. The van der Waals surface area contributed by atoms with Gasteiger partial charge in [0.05, 0.1) is 6.10 Å². The van der Waals surface area contributed by atoms with Gasteiger partial charge in [0.1, 0.15) is 0 Å². The molecule has 0 amide bonds. The van der Waals surface area contributed by atoms with Gasteiger partial charge in [-0.2, -0.15) is 0 Å². The van der Waals surface area contributed by atoms with Crippen molar-refractivity contribution >= 4 is 0 Å². The summed E-state index contributed by atoms with van der Waals surface area (Å²) in [5, 5.41) is 3.43. The standard InChI is InChI=1S/C7H13NO/c1-9-7-3-5-2-6(7)8-4-5/h5-8H,2-4H2,1H3/t5-,6+,7+/m1/s1. The Morgan fingerprint density at radius 1 is 1.44 bits per heavy atom. The Labute approximate surface area is 55.6 Å². The predicted molar refractivity (Wildman–Crippen MR) is 35.3 cm³/mol. The number of nitrogens with one attached hydrogen (secondary N) is 1. The molecule has 2 aliphatic rings. The van der Waals surface area contributed by atoms with E-state index in [0.29, 0.717) is 12.1 Å². The fraction of sp³-hybridized carbons (Fsp3) is 1.00. The molecule has 0 aromatic rings. The molecule has 1 saturated carbocycles. The fourth-order valence-electron chi connectivity index (χ4n) is 2.06. The van der Waals surface area contributed by atoms with Crippen LogP contribution in [-0.4, -0.2) is 25.8 Å². The van der Waals surface area contributed by atoms with Crippen molar-refractivity contribution in [2.45, 2.75) is 25.0 Å². The Balaban J connectivity index is 2.01. The van der Waals surface area contributed by atoms with Gasteiger partial charge in [-0.3, -0.25) is 0 Å². The van der Waals surface area contributed by atoms with Crippen molar-refractivity contribution in [1.82, 2.24) is 5.32 Å². The summed E-state index contributed by atoms with van der Waals surface area (Å²) in [7, 11) is 1.81. The third-order valence-corrected chi connectivity index (χ3v) is 2.57. The highest BCUT2D eigenvalue weighted by Crippen LogP contribution is 2.32. The van der Waals surface area contributed by atoms with E-state index in [2.05, 4.69) is 5.32 Å². The molecule has 1 aliphatic heterocycles. The molecule has 1 heterocycles. The molecule has 0 aromatic carbocycles. The first-order valence-electron chi connectivity index (χ1n) is 3.66. The average molecular weight is 127 g/mol. The predicted octanol–water partition coefficient (Wildman–Crippen LogP) is 0.383. The molecule has 9 heavy (non-hydrogen) atoms. The number of fused-ring (bicyclic) bond motifs is 2. The number of ether oxygens (including phenoxy) is 1. The van der Waals surface area contributed by atoms with E-state index in [0.717, 1.165) is 5.92 Å². The Hall–Kier alpha value is -0.0800. The minimum absolute atomic E-state index is 0.517. The first kappa shape index (κ1) is 5.69. The van der Waals surface area contributed by atoms with Crippen LogP contribution in [0.4, 0.5) is 0 Å². The van der Waals surface area contributed by atoms with Crippen LogP contribution in [0.2, 0.25) is 0 Å². The molecule has 2 fully saturated rings. The van der Waals surface area contributed by atoms with Gasteiger partial charge >= 0.3 is 0 Å². The Bertz CT molecular complexity index is 115. The number of hydrogen-bond acceptors (Lipinski definition) is 2. The highest BCUT2D eigenvalue weighted by Gasteiger charge is 2.39. The van der Waals surface area contributed by atoms with Crippen LogP contribution in [0.15, 0.2) is 0 Å². The smallest absolute Gasteiger partial charge is 0.0727 e. The van der Waals surface area contributed by atoms with E-state index in [1.165, 1.54) is 19.4 Å². The quantitative estimate of drug-likeness (QED) is 0.550. The molecule has 0 spiro atoms. The second kappa shape index (κ2) is 1.96. The normalized spacial score (nSPS) is 48.3. The molecule has 0 unspecified atom stereocenters. The highest BCUT2D eigenvalue weighted by molar-refractivity contribution is 4.96. The summed E-state index contributed by atoms with van der Waals surface area (Å²) in [6.45, 7) is 1.23. The van der Waals surface area contributed by atoms with Gasteiger partial charge in [-0.1, -0.05) is 0 Å². The van der Waals surface area contributed by atoms with Crippen molar-refractivity contribution in [3.05, 3.63) is 0 Å². The van der Waals surface area contributed by atoms with Gasteiger partial charge in [0.25, 0.3) is 0 Å². The summed E-state index contributed by atoms with van der Waals surface area (Å²) < 4.78 is 5.28. The molecule has 2 heteroatoms. The lowest BCUT2D eigenvalue weighted by Crippen LogP contribution is -2.37. The van der Waals surface area contributed by atoms with Crippen LogP contribution in [0.3, 0.4) is 0 Å². The molecule has 0 radical (unpaired) electrons. The third-order valence-electron chi connectivity index (χ3n) is 2.57.